The summed E-state index contributed by atoms with van der Waals surface area (Å²) in [6, 6.07) is 2.70. The molecule has 0 aliphatic carbocycles. The molecule has 1 unspecified atom stereocenters. The summed E-state index contributed by atoms with van der Waals surface area (Å²) in [6.07, 6.45) is 4.55. The van der Waals surface area contributed by atoms with Crippen LogP contribution in [0.1, 0.15) is 18.5 Å². The zero-order chi connectivity index (χ0) is 13.9. The first kappa shape index (κ1) is 13.8. The van der Waals surface area contributed by atoms with Crippen molar-refractivity contribution >= 4 is 5.95 Å². The van der Waals surface area contributed by atoms with Gasteiger partial charge in [0.05, 0.1) is 0 Å². The summed E-state index contributed by atoms with van der Waals surface area (Å²) < 4.78 is 0. The lowest BCUT2D eigenvalue weighted by Gasteiger charge is -2.42. The highest BCUT2D eigenvalue weighted by Crippen LogP contribution is 2.18. The first-order chi connectivity index (χ1) is 9.72. The zero-order valence-corrected chi connectivity index (χ0v) is 12.6. The Bertz CT molecular complexity index is 442. The molecule has 2 aliphatic rings. The molecule has 0 radical (unpaired) electrons. The minimum atomic E-state index is 0.745. The standard InChI is InChI=1S/C15H25N5/c1-13-5-6-16-15(17-13)20-10-8-19(9-11-20)14-4-3-7-18(2)12-14/h5-6,14H,3-4,7-12H2,1-2H3. The first-order valence-electron chi connectivity index (χ1n) is 7.69. The van der Waals surface area contributed by atoms with Crippen molar-refractivity contribution in [2.45, 2.75) is 25.8 Å². The number of piperidine rings is 1. The Labute approximate surface area is 121 Å². The maximum absolute atomic E-state index is 4.53. The molecule has 110 valence electrons. The van der Waals surface area contributed by atoms with Crippen LogP contribution in [-0.4, -0.2) is 72.1 Å². The average molecular weight is 275 g/mol. The van der Waals surface area contributed by atoms with Crippen LogP contribution in [0.15, 0.2) is 12.3 Å². The lowest BCUT2D eigenvalue weighted by atomic mass is 10.0. The van der Waals surface area contributed by atoms with E-state index in [1.54, 1.807) is 0 Å². The Morgan fingerprint density at radius 3 is 2.65 bits per heavy atom. The van der Waals surface area contributed by atoms with Crippen molar-refractivity contribution in [1.29, 1.82) is 0 Å². The molecule has 0 spiro atoms. The van der Waals surface area contributed by atoms with E-state index in [9.17, 15) is 0 Å². The summed E-state index contributed by atoms with van der Waals surface area (Å²) in [7, 11) is 2.24. The van der Waals surface area contributed by atoms with Gasteiger partial charge in [-0.25, -0.2) is 9.97 Å². The number of aryl methyl sites for hydroxylation is 1. The number of rotatable bonds is 2. The average Bonchev–Trinajstić information content (AvgIpc) is 2.47. The van der Waals surface area contributed by atoms with E-state index < -0.39 is 0 Å². The molecule has 0 amide bonds. The van der Waals surface area contributed by atoms with Gasteiger partial charge in [-0.05, 0) is 39.4 Å². The number of hydrogen-bond donors (Lipinski definition) is 0. The molecule has 0 N–H and O–H groups in total. The molecule has 20 heavy (non-hydrogen) atoms. The predicted octanol–water partition coefficient (Wildman–Crippen LogP) is 1.00. The van der Waals surface area contributed by atoms with Gasteiger partial charge < -0.3 is 9.80 Å². The highest BCUT2D eigenvalue weighted by Gasteiger charge is 2.27. The van der Waals surface area contributed by atoms with E-state index in [2.05, 4.69) is 31.7 Å². The van der Waals surface area contributed by atoms with E-state index in [4.69, 9.17) is 0 Å². The minimum Gasteiger partial charge on any atom is -0.338 e. The van der Waals surface area contributed by atoms with E-state index in [1.807, 2.05) is 19.2 Å². The van der Waals surface area contributed by atoms with Gasteiger partial charge in [0.15, 0.2) is 0 Å². The number of nitrogens with zero attached hydrogens (tertiary/aromatic N) is 5. The van der Waals surface area contributed by atoms with Crippen LogP contribution in [-0.2, 0) is 0 Å². The third kappa shape index (κ3) is 3.10. The number of likely N-dealkylation sites (tertiary alicyclic amines) is 1. The van der Waals surface area contributed by atoms with Gasteiger partial charge in [0.2, 0.25) is 5.95 Å². The lowest BCUT2D eigenvalue weighted by Crippen LogP contribution is -2.54. The van der Waals surface area contributed by atoms with Crippen molar-refractivity contribution in [3.63, 3.8) is 0 Å². The highest BCUT2D eigenvalue weighted by atomic mass is 15.3. The number of piperazine rings is 1. The maximum atomic E-state index is 4.53. The summed E-state index contributed by atoms with van der Waals surface area (Å²) in [4.78, 5) is 16.4. The minimum absolute atomic E-state index is 0.745. The van der Waals surface area contributed by atoms with Crippen molar-refractivity contribution in [2.24, 2.45) is 0 Å². The quantitative estimate of drug-likeness (QED) is 0.805. The van der Waals surface area contributed by atoms with Gasteiger partial charge in [0, 0.05) is 50.7 Å². The van der Waals surface area contributed by atoms with Crippen LogP contribution in [0.3, 0.4) is 0 Å². The van der Waals surface area contributed by atoms with Gasteiger partial charge in [0.25, 0.3) is 0 Å². The van der Waals surface area contributed by atoms with Crippen LogP contribution in [0, 0.1) is 6.92 Å². The number of aromatic nitrogens is 2. The maximum Gasteiger partial charge on any atom is 0.225 e. The van der Waals surface area contributed by atoms with Gasteiger partial charge in [-0.3, -0.25) is 4.90 Å². The van der Waals surface area contributed by atoms with Crippen molar-refractivity contribution in [3.8, 4) is 0 Å². The molecule has 5 heteroatoms. The fraction of sp³-hybridized carbons (Fsp3) is 0.733. The summed E-state index contributed by atoms with van der Waals surface area (Å²) in [5.74, 6) is 0.894. The van der Waals surface area contributed by atoms with Crippen molar-refractivity contribution in [3.05, 3.63) is 18.0 Å². The summed E-state index contributed by atoms with van der Waals surface area (Å²) in [5, 5.41) is 0. The highest BCUT2D eigenvalue weighted by molar-refractivity contribution is 5.30. The molecule has 0 aromatic carbocycles. The molecule has 1 aromatic heterocycles. The number of likely N-dealkylation sites (N-methyl/N-ethyl adjacent to an activating group) is 1. The molecule has 5 nitrogen and oxygen atoms in total. The smallest absolute Gasteiger partial charge is 0.225 e. The number of anilines is 1. The Balaban J connectivity index is 1.56. The zero-order valence-electron chi connectivity index (χ0n) is 12.6. The SMILES string of the molecule is Cc1ccnc(N2CCN(C3CCCN(C)C3)CC2)n1. The van der Waals surface area contributed by atoms with E-state index in [0.29, 0.717) is 0 Å². The number of hydrogen-bond acceptors (Lipinski definition) is 5. The van der Waals surface area contributed by atoms with Gasteiger partial charge in [0.1, 0.15) is 0 Å². The fourth-order valence-electron chi connectivity index (χ4n) is 3.31. The summed E-state index contributed by atoms with van der Waals surface area (Å²) in [6.45, 7) is 8.87. The van der Waals surface area contributed by atoms with Crippen LogP contribution < -0.4 is 4.90 Å². The molecule has 1 aromatic rings. The van der Waals surface area contributed by atoms with Gasteiger partial charge in [-0.1, -0.05) is 0 Å². The Kier molecular flexibility index (Phi) is 4.17. The van der Waals surface area contributed by atoms with Crippen LogP contribution in [0.25, 0.3) is 0 Å². The second-order valence-corrected chi connectivity index (χ2v) is 6.08. The molecule has 3 rings (SSSR count). The predicted molar refractivity (Wildman–Crippen MR) is 81.1 cm³/mol. The van der Waals surface area contributed by atoms with Gasteiger partial charge >= 0.3 is 0 Å². The Morgan fingerprint density at radius 1 is 1.15 bits per heavy atom. The van der Waals surface area contributed by atoms with Crippen LogP contribution in [0.2, 0.25) is 0 Å². The van der Waals surface area contributed by atoms with Crippen LogP contribution >= 0.6 is 0 Å². The van der Waals surface area contributed by atoms with Crippen molar-refractivity contribution in [2.75, 3.05) is 51.2 Å². The molecule has 2 aliphatic heterocycles. The second-order valence-electron chi connectivity index (χ2n) is 6.08. The molecule has 0 saturated carbocycles. The molecular formula is C15H25N5. The molecule has 1 atom stereocenters. The lowest BCUT2D eigenvalue weighted by molar-refractivity contribution is 0.106. The third-order valence-corrected chi connectivity index (χ3v) is 4.50. The first-order valence-corrected chi connectivity index (χ1v) is 7.69. The third-order valence-electron chi connectivity index (χ3n) is 4.50. The van der Waals surface area contributed by atoms with Gasteiger partial charge in [-0.15, -0.1) is 0 Å². The van der Waals surface area contributed by atoms with E-state index >= 15 is 0 Å². The second kappa shape index (κ2) is 6.06. The molecule has 0 bridgehead atoms. The molecule has 2 saturated heterocycles. The largest absolute Gasteiger partial charge is 0.338 e. The van der Waals surface area contributed by atoms with Crippen LogP contribution in [0.5, 0.6) is 0 Å². The topological polar surface area (TPSA) is 35.5 Å². The fourth-order valence-corrected chi connectivity index (χ4v) is 3.31. The van der Waals surface area contributed by atoms with Crippen LogP contribution in [0.4, 0.5) is 5.95 Å². The molecule has 2 fully saturated rings. The van der Waals surface area contributed by atoms with Crippen molar-refractivity contribution in [1.82, 2.24) is 19.8 Å². The Morgan fingerprint density at radius 2 is 1.95 bits per heavy atom. The van der Waals surface area contributed by atoms with E-state index in [0.717, 1.165) is 43.9 Å². The normalized spacial score (nSPS) is 25.9. The molecular weight excluding hydrogens is 250 g/mol. The van der Waals surface area contributed by atoms with E-state index in [1.165, 1.54) is 25.9 Å². The summed E-state index contributed by atoms with van der Waals surface area (Å²) in [5.41, 5.74) is 1.05. The van der Waals surface area contributed by atoms with E-state index in [-0.39, 0.29) is 0 Å². The summed E-state index contributed by atoms with van der Waals surface area (Å²) >= 11 is 0. The molecule has 3 heterocycles. The monoisotopic (exact) mass is 275 g/mol. The Hall–Kier alpha value is -1.20. The van der Waals surface area contributed by atoms with Crippen molar-refractivity contribution < 1.29 is 0 Å². The van der Waals surface area contributed by atoms with Gasteiger partial charge in [-0.2, -0.15) is 0 Å².